The van der Waals surface area contributed by atoms with E-state index in [1.165, 1.54) is 49.5 Å². The lowest BCUT2D eigenvalue weighted by Crippen LogP contribution is -2.16. The molecule has 2 heteroatoms. The molecule has 0 radical (unpaired) electrons. The SMILES string of the molecule is CC1(C)c2cc3ccccc3cc2-c2cccc(-c3ccc(-c4nc(-c5ccccc5)cc(-c5ccccc5)n4)c4ccccc34)c21. The number of rotatable bonds is 4. The minimum atomic E-state index is -0.150. The van der Waals surface area contributed by atoms with Crippen LogP contribution < -0.4 is 0 Å². The molecule has 1 aliphatic carbocycles. The summed E-state index contributed by atoms with van der Waals surface area (Å²) >= 11 is 0. The van der Waals surface area contributed by atoms with Crippen molar-refractivity contribution in [3.05, 3.63) is 169 Å². The summed E-state index contributed by atoms with van der Waals surface area (Å²) in [6.07, 6.45) is 0. The fourth-order valence-electron chi connectivity index (χ4n) is 7.60. The van der Waals surface area contributed by atoms with Gasteiger partial charge in [-0.2, -0.15) is 0 Å². The summed E-state index contributed by atoms with van der Waals surface area (Å²) in [6.45, 7) is 4.75. The molecule has 7 aromatic carbocycles. The summed E-state index contributed by atoms with van der Waals surface area (Å²) < 4.78 is 0. The first-order valence-corrected chi connectivity index (χ1v) is 16.3. The van der Waals surface area contributed by atoms with Crippen molar-refractivity contribution in [2.75, 3.05) is 0 Å². The van der Waals surface area contributed by atoms with Gasteiger partial charge in [0.15, 0.2) is 5.82 Å². The highest BCUT2D eigenvalue weighted by atomic mass is 14.9. The molecule has 1 heterocycles. The second kappa shape index (κ2) is 10.6. The molecule has 0 saturated heterocycles. The lowest BCUT2D eigenvalue weighted by atomic mass is 9.78. The molecule has 9 rings (SSSR count). The smallest absolute Gasteiger partial charge is 0.161 e. The summed E-state index contributed by atoms with van der Waals surface area (Å²) in [7, 11) is 0. The third kappa shape index (κ3) is 4.40. The maximum absolute atomic E-state index is 5.18. The van der Waals surface area contributed by atoms with Crippen LogP contribution in [0.1, 0.15) is 25.0 Å². The van der Waals surface area contributed by atoms with Crippen molar-refractivity contribution in [2.45, 2.75) is 19.3 Å². The zero-order valence-corrected chi connectivity index (χ0v) is 26.4. The van der Waals surface area contributed by atoms with E-state index in [0.717, 1.165) is 39.3 Å². The van der Waals surface area contributed by atoms with Gasteiger partial charge in [0.25, 0.3) is 0 Å². The van der Waals surface area contributed by atoms with Crippen molar-refractivity contribution in [1.82, 2.24) is 9.97 Å². The van der Waals surface area contributed by atoms with Crippen LogP contribution in [0.5, 0.6) is 0 Å². The molecule has 1 aromatic heterocycles. The Morgan fingerprint density at radius 3 is 1.55 bits per heavy atom. The highest BCUT2D eigenvalue weighted by molar-refractivity contribution is 6.06. The molecule has 0 N–H and O–H groups in total. The molecule has 0 saturated carbocycles. The summed E-state index contributed by atoms with van der Waals surface area (Å²) in [5.74, 6) is 0.727. The standard InChI is InChI=1S/C45H32N2/c1-45(2)40-27-32-19-10-9-18-31(32)26-39(40)37-23-13-22-36(43(37)45)35-24-25-38(34-21-12-11-20-33(34)35)44-46-41(29-14-5-3-6-15-29)28-42(47-44)30-16-7-4-8-17-30/h3-28H,1-2H3. The molecule has 0 aliphatic heterocycles. The predicted octanol–water partition coefficient (Wildman–Crippen LogP) is 11.8. The van der Waals surface area contributed by atoms with Gasteiger partial charge >= 0.3 is 0 Å². The number of hydrogen-bond donors (Lipinski definition) is 0. The molecule has 0 fully saturated rings. The molecular weight excluding hydrogens is 569 g/mol. The normalized spacial score (nSPS) is 13.1. The van der Waals surface area contributed by atoms with Gasteiger partial charge in [-0.1, -0.05) is 147 Å². The Morgan fingerprint density at radius 2 is 0.915 bits per heavy atom. The molecule has 47 heavy (non-hydrogen) atoms. The van der Waals surface area contributed by atoms with Crippen molar-refractivity contribution in [3.63, 3.8) is 0 Å². The molecule has 0 atom stereocenters. The number of hydrogen-bond acceptors (Lipinski definition) is 2. The minimum absolute atomic E-state index is 0.150. The van der Waals surface area contributed by atoms with E-state index in [2.05, 4.69) is 159 Å². The van der Waals surface area contributed by atoms with Crippen LogP contribution >= 0.6 is 0 Å². The molecule has 0 spiro atoms. The molecule has 1 aliphatic rings. The van der Waals surface area contributed by atoms with E-state index in [1.54, 1.807) is 0 Å². The zero-order chi connectivity index (χ0) is 31.5. The molecule has 8 aromatic rings. The van der Waals surface area contributed by atoms with E-state index in [-0.39, 0.29) is 5.41 Å². The first-order valence-electron chi connectivity index (χ1n) is 16.3. The number of aromatic nitrogens is 2. The molecule has 0 bridgehead atoms. The average molecular weight is 601 g/mol. The maximum atomic E-state index is 5.18. The van der Waals surface area contributed by atoms with Crippen molar-refractivity contribution in [2.24, 2.45) is 0 Å². The lowest BCUT2D eigenvalue weighted by molar-refractivity contribution is 0.663. The van der Waals surface area contributed by atoms with Crippen LogP contribution in [-0.2, 0) is 5.41 Å². The van der Waals surface area contributed by atoms with E-state index in [9.17, 15) is 0 Å². The molecule has 0 amide bonds. The second-order valence-corrected chi connectivity index (χ2v) is 13.0. The molecule has 222 valence electrons. The summed E-state index contributed by atoms with van der Waals surface area (Å²) in [5.41, 5.74) is 12.8. The van der Waals surface area contributed by atoms with Crippen LogP contribution in [0.4, 0.5) is 0 Å². The Balaban J connectivity index is 1.25. The zero-order valence-electron chi connectivity index (χ0n) is 26.4. The Kier molecular flexibility index (Phi) is 6.20. The van der Waals surface area contributed by atoms with Crippen LogP contribution in [-0.4, -0.2) is 9.97 Å². The highest BCUT2D eigenvalue weighted by Crippen LogP contribution is 2.54. The van der Waals surface area contributed by atoms with E-state index in [0.29, 0.717) is 0 Å². The third-order valence-electron chi connectivity index (χ3n) is 9.86. The highest BCUT2D eigenvalue weighted by Gasteiger charge is 2.38. The number of fused-ring (bicyclic) bond motifs is 5. The third-order valence-corrected chi connectivity index (χ3v) is 9.86. The Labute approximate surface area is 275 Å². The topological polar surface area (TPSA) is 25.8 Å². The monoisotopic (exact) mass is 600 g/mol. The summed E-state index contributed by atoms with van der Waals surface area (Å²) in [5, 5.41) is 4.91. The summed E-state index contributed by atoms with van der Waals surface area (Å²) in [6, 6.07) is 56.4. The Morgan fingerprint density at radius 1 is 0.404 bits per heavy atom. The first-order chi connectivity index (χ1) is 23.1. The van der Waals surface area contributed by atoms with Crippen molar-refractivity contribution in [1.29, 1.82) is 0 Å². The van der Waals surface area contributed by atoms with Crippen LogP contribution in [0.15, 0.2) is 158 Å². The first kappa shape index (κ1) is 27.5. The van der Waals surface area contributed by atoms with Gasteiger partial charge in [-0.25, -0.2) is 9.97 Å². The van der Waals surface area contributed by atoms with Gasteiger partial charge in [0.1, 0.15) is 0 Å². The predicted molar refractivity (Wildman–Crippen MR) is 196 cm³/mol. The average Bonchev–Trinajstić information content (AvgIpc) is 3.36. The van der Waals surface area contributed by atoms with E-state index < -0.39 is 0 Å². The Hall–Kier alpha value is -5.86. The molecule has 0 unspecified atom stereocenters. The van der Waals surface area contributed by atoms with E-state index in [1.807, 2.05) is 12.1 Å². The van der Waals surface area contributed by atoms with Crippen LogP contribution in [0.2, 0.25) is 0 Å². The maximum Gasteiger partial charge on any atom is 0.161 e. The van der Waals surface area contributed by atoms with Crippen molar-refractivity contribution in [3.8, 4) is 56.2 Å². The number of nitrogens with zero attached hydrogens (tertiary/aromatic N) is 2. The number of benzene rings is 7. The van der Waals surface area contributed by atoms with Gasteiger partial charge in [0.05, 0.1) is 11.4 Å². The largest absolute Gasteiger partial charge is 0.228 e. The summed E-state index contributed by atoms with van der Waals surface area (Å²) in [4.78, 5) is 10.4. The molecular formula is C45H32N2. The lowest BCUT2D eigenvalue weighted by Gasteiger charge is -2.25. The van der Waals surface area contributed by atoms with Gasteiger partial charge in [-0.05, 0) is 79.2 Å². The van der Waals surface area contributed by atoms with Crippen LogP contribution in [0.25, 0.3) is 77.7 Å². The quantitative estimate of drug-likeness (QED) is 0.201. The fraction of sp³-hybridized carbons (Fsp3) is 0.0667. The van der Waals surface area contributed by atoms with E-state index in [4.69, 9.17) is 9.97 Å². The van der Waals surface area contributed by atoms with E-state index >= 15 is 0 Å². The van der Waals surface area contributed by atoms with Crippen molar-refractivity contribution >= 4 is 21.5 Å². The van der Waals surface area contributed by atoms with Gasteiger partial charge in [0.2, 0.25) is 0 Å². The minimum Gasteiger partial charge on any atom is -0.228 e. The van der Waals surface area contributed by atoms with Crippen LogP contribution in [0, 0.1) is 0 Å². The van der Waals surface area contributed by atoms with Crippen LogP contribution in [0.3, 0.4) is 0 Å². The van der Waals surface area contributed by atoms with Gasteiger partial charge in [-0.15, -0.1) is 0 Å². The van der Waals surface area contributed by atoms with Gasteiger partial charge < -0.3 is 0 Å². The van der Waals surface area contributed by atoms with Gasteiger partial charge in [0, 0.05) is 22.1 Å². The van der Waals surface area contributed by atoms with Gasteiger partial charge in [-0.3, -0.25) is 0 Å². The molecule has 2 nitrogen and oxygen atoms in total. The fourth-order valence-corrected chi connectivity index (χ4v) is 7.60. The second-order valence-electron chi connectivity index (χ2n) is 13.0. The Bertz CT molecular complexity index is 2420. The van der Waals surface area contributed by atoms with Crippen molar-refractivity contribution < 1.29 is 0 Å².